The van der Waals surface area contributed by atoms with Gasteiger partial charge < -0.3 is 10.2 Å². The lowest BCUT2D eigenvalue weighted by molar-refractivity contribution is -0.139. The van der Waals surface area contributed by atoms with E-state index in [9.17, 15) is 18.0 Å². The molecule has 1 aliphatic rings. The summed E-state index contributed by atoms with van der Waals surface area (Å²) >= 11 is 18.4. The highest BCUT2D eigenvalue weighted by molar-refractivity contribution is 7.92. The fourth-order valence-corrected chi connectivity index (χ4v) is 6.72. The number of carbonyl (C=O) groups is 2. The molecule has 0 bridgehead atoms. The van der Waals surface area contributed by atoms with Gasteiger partial charge >= 0.3 is 0 Å². The molecule has 0 heterocycles. The van der Waals surface area contributed by atoms with Crippen LogP contribution in [0.4, 0.5) is 5.69 Å². The van der Waals surface area contributed by atoms with E-state index in [1.807, 2.05) is 0 Å². The Kier molecular flexibility index (Phi) is 10.6. The highest BCUT2D eigenvalue weighted by Gasteiger charge is 2.33. The topological polar surface area (TPSA) is 86.8 Å². The molecule has 3 aromatic rings. The smallest absolute Gasteiger partial charge is 0.264 e. The number of amides is 2. The molecule has 1 atom stereocenters. The molecule has 1 unspecified atom stereocenters. The third kappa shape index (κ3) is 7.95. The van der Waals surface area contributed by atoms with Crippen molar-refractivity contribution in [2.75, 3.05) is 10.8 Å². The normalized spacial score (nSPS) is 14.7. The molecule has 0 aromatic heterocycles. The van der Waals surface area contributed by atoms with Crippen LogP contribution in [-0.2, 0) is 26.2 Å². The maximum atomic E-state index is 14.0. The number of nitrogens with one attached hydrogen (secondary N) is 1. The molecule has 1 saturated carbocycles. The van der Waals surface area contributed by atoms with Crippen molar-refractivity contribution in [3.8, 4) is 0 Å². The number of carbonyl (C=O) groups excluding carboxylic acids is 2. The predicted molar refractivity (Wildman–Crippen MR) is 164 cm³/mol. The largest absolute Gasteiger partial charge is 0.352 e. The summed E-state index contributed by atoms with van der Waals surface area (Å²) in [6, 6.07) is 18.2. The zero-order chi connectivity index (χ0) is 29.6. The second-order valence-electron chi connectivity index (χ2n) is 10.1. The number of anilines is 1. The molecule has 41 heavy (non-hydrogen) atoms. The van der Waals surface area contributed by atoms with Gasteiger partial charge in [0, 0.05) is 17.6 Å². The number of nitrogens with zero attached hydrogens (tertiary/aromatic N) is 2. The van der Waals surface area contributed by atoms with Crippen LogP contribution in [0.5, 0.6) is 0 Å². The maximum absolute atomic E-state index is 14.0. The summed E-state index contributed by atoms with van der Waals surface area (Å²) in [7, 11) is -4.15. The van der Waals surface area contributed by atoms with Crippen LogP contribution in [0.25, 0.3) is 0 Å². The van der Waals surface area contributed by atoms with Gasteiger partial charge in [0.2, 0.25) is 11.8 Å². The monoisotopic (exact) mass is 635 g/mol. The van der Waals surface area contributed by atoms with Crippen LogP contribution in [0, 0.1) is 0 Å². The molecule has 1 N–H and O–H groups in total. The fraction of sp³-hybridized carbons (Fsp3) is 0.333. The molecule has 0 saturated heterocycles. The minimum atomic E-state index is -4.15. The van der Waals surface area contributed by atoms with E-state index in [1.54, 1.807) is 67.6 Å². The lowest BCUT2D eigenvalue weighted by atomic mass is 9.95. The lowest BCUT2D eigenvalue weighted by Gasteiger charge is -2.33. The number of sulfonamides is 1. The molecular weight excluding hydrogens is 605 g/mol. The molecule has 1 fully saturated rings. The average molecular weight is 637 g/mol. The predicted octanol–water partition coefficient (Wildman–Crippen LogP) is 6.71. The lowest BCUT2D eigenvalue weighted by Crippen LogP contribution is -2.53. The summed E-state index contributed by atoms with van der Waals surface area (Å²) in [4.78, 5) is 28.8. The molecular formula is C30H32Cl3N3O4S. The van der Waals surface area contributed by atoms with Crippen molar-refractivity contribution in [1.29, 1.82) is 0 Å². The van der Waals surface area contributed by atoms with Gasteiger partial charge in [-0.2, -0.15) is 0 Å². The van der Waals surface area contributed by atoms with Crippen molar-refractivity contribution < 1.29 is 18.0 Å². The first-order valence-corrected chi connectivity index (χ1v) is 16.0. The van der Waals surface area contributed by atoms with E-state index in [1.165, 1.54) is 17.0 Å². The highest BCUT2D eigenvalue weighted by atomic mass is 35.5. The second kappa shape index (κ2) is 13.9. The second-order valence-corrected chi connectivity index (χ2v) is 13.2. The van der Waals surface area contributed by atoms with Crippen molar-refractivity contribution in [3.05, 3.63) is 93.4 Å². The van der Waals surface area contributed by atoms with Crippen molar-refractivity contribution >= 4 is 62.3 Å². The molecule has 3 aromatic carbocycles. The number of halogens is 3. The Morgan fingerprint density at radius 1 is 0.902 bits per heavy atom. The van der Waals surface area contributed by atoms with Crippen LogP contribution in [0.3, 0.4) is 0 Å². The zero-order valence-electron chi connectivity index (χ0n) is 22.6. The van der Waals surface area contributed by atoms with E-state index < -0.39 is 28.5 Å². The average Bonchev–Trinajstić information content (AvgIpc) is 2.97. The van der Waals surface area contributed by atoms with Crippen molar-refractivity contribution in [1.82, 2.24) is 10.2 Å². The minimum absolute atomic E-state index is 0.0226. The van der Waals surface area contributed by atoms with Gasteiger partial charge in [0.1, 0.15) is 12.6 Å². The standard InChI is InChI=1S/C30H32Cl3N3O4S/c1-21(30(38)34-24-8-4-2-5-9-24)35(19-22-12-17-27(32)28(33)18-22)29(37)20-36(25-15-13-23(31)14-16-25)41(39,40)26-10-6-3-7-11-26/h3,6-7,10-18,21,24H,2,4-5,8-9,19-20H2,1H3,(H,34,38). The van der Waals surface area contributed by atoms with E-state index in [4.69, 9.17) is 34.8 Å². The van der Waals surface area contributed by atoms with E-state index in [0.717, 1.165) is 36.4 Å². The number of hydrogen-bond donors (Lipinski definition) is 1. The first-order valence-electron chi connectivity index (χ1n) is 13.4. The first-order chi connectivity index (χ1) is 19.6. The Morgan fingerprint density at radius 3 is 2.20 bits per heavy atom. The number of benzene rings is 3. The molecule has 4 rings (SSSR count). The van der Waals surface area contributed by atoms with Gasteiger partial charge in [0.05, 0.1) is 20.6 Å². The van der Waals surface area contributed by atoms with Crippen LogP contribution in [0.15, 0.2) is 77.7 Å². The highest BCUT2D eigenvalue weighted by Crippen LogP contribution is 2.27. The van der Waals surface area contributed by atoms with Crippen LogP contribution in [0.2, 0.25) is 15.1 Å². The Morgan fingerprint density at radius 2 is 1.56 bits per heavy atom. The SMILES string of the molecule is CC(C(=O)NC1CCCCC1)N(Cc1ccc(Cl)c(Cl)c1)C(=O)CN(c1ccc(Cl)cc1)S(=O)(=O)c1ccccc1. The Labute approximate surface area is 256 Å². The fourth-order valence-electron chi connectivity index (χ4n) is 4.84. The van der Waals surface area contributed by atoms with E-state index >= 15 is 0 Å². The Balaban J connectivity index is 1.67. The summed E-state index contributed by atoms with van der Waals surface area (Å²) in [6.45, 7) is 1.13. The van der Waals surface area contributed by atoms with Crippen molar-refractivity contribution in [2.45, 2.75) is 62.6 Å². The van der Waals surface area contributed by atoms with E-state index in [2.05, 4.69) is 5.32 Å². The maximum Gasteiger partial charge on any atom is 0.264 e. The Hall–Kier alpha value is -2.78. The van der Waals surface area contributed by atoms with Crippen LogP contribution < -0.4 is 9.62 Å². The summed E-state index contributed by atoms with van der Waals surface area (Å²) < 4.78 is 28.6. The quantitative estimate of drug-likeness (QED) is 0.268. The molecule has 7 nitrogen and oxygen atoms in total. The zero-order valence-corrected chi connectivity index (χ0v) is 25.7. The summed E-state index contributed by atoms with van der Waals surface area (Å²) in [5.74, 6) is -0.855. The third-order valence-corrected chi connectivity index (χ3v) is 9.96. The van der Waals surface area contributed by atoms with Gasteiger partial charge in [-0.25, -0.2) is 8.42 Å². The number of rotatable bonds is 10. The van der Waals surface area contributed by atoms with Crippen LogP contribution >= 0.6 is 34.8 Å². The third-order valence-electron chi connectivity index (χ3n) is 7.18. The van der Waals surface area contributed by atoms with Gasteiger partial charge in [0.15, 0.2) is 0 Å². The Bertz CT molecular complexity index is 1460. The van der Waals surface area contributed by atoms with Gasteiger partial charge in [-0.15, -0.1) is 0 Å². The molecule has 1 aliphatic carbocycles. The number of hydrogen-bond acceptors (Lipinski definition) is 4. The molecule has 0 spiro atoms. The van der Waals surface area contributed by atoms with E-state index in [0.29, 0.717) is 20.6 Å². The van der Waals surface area contributed by atoms with Crippen molar-refractivity contribution in [3.63, 3.8) is 0 Å². The van der Waals surface area contributed by atoms with Gasteiger partial charge in [-0.3, -0.25) is 13.9 Å². The van der Waals surface area contributed by atoms with Gasteiger partial charge in [-0.1, -0.05) is 78.3 Å². The first kappa shape index (κ1) is 31.2. The van der Waals surface area contributed by atoms with Crippen LogP contribution in [-0.4, -0.2) is 43.8 Å². The molecule has 218 valence electrons. The molecule has 0 aliphatic heterocycles. The molecule has 0 radical (unpaired) electrons. The van der Waals surface area contributed by atoms with Crippen LogP contribution in [0.1, 0.15) is 44.6 Å². The molecule has 11 heteroatoms. The summed E-state index contributed by atoms with van der Waals surface area (Å²) in [5.41, 5.74) is 0.912. The summed E-state index contributed by atoms with van der Waals surface area (Å²) in [5, 5.41) is 4.17. The molecule has 2 amide bonds. The minimum Gasteiger partial charge on any atom is -0.352 e. The van der Waals surface area contributed by atoms with E-state index in [-0.39, 0.29) is 29.1 Å². The summed E-state index contributed by atoms with van der Waals surface area (Å²) in [6.07, 6.45) is 5.00. The van der Waals surface area contributed by atoms with Gasteiger partial charge in [0.25, 0.3) is 10.0 Å². The van der Waals surface area contributed by atoms with Crippen molar-refractivity contribution in [2.24, 2.45) is 0 Å². The van der Waals surface area contributed by atoms with Gasteiger partial charge in [-0.05, 0) is 73.9 Å².